The van der Waals surface area contributed by atoms with E-state index < -0.39 is 10.7 Å². The van der Waals surface area contributed by atoms with Crippen LogP contribution in [0.2, 0.25) is 0 Å². The molecular weight excluding hydrogens is 460 g/mol. The Morgan fingerprint density at radius 2 is 1.22 bits per heavy atom. The third kappa shape index (κ3) is 13.4. The fraction of sp³-hybridized carbons (Fsp3) is 0.594. The van der Waals surface area contributed by atoms with Crippen molar-refractivity contribution in [3.8, 4) is 0 Å². The number of unbranched alkanes of at least 4 members (excludes halogenated alkanes) is 12. The molecule has 2 atom stereocenters. The molecule has 0 bridgehead atoms. The molecule has 2 aromatic rings. The van der Waals surface area contributed by atoms with E-state index in [1.165, 1.54) is 64.2 Å². The molecule has 1 unspecified atom stereocenters. The number of carbonyl (C=O) groups is 1. The van der Waals surface area contributed by atoms with Crippen LogP contribution in [0.4, 0.5) is 0 Å². The molecule has 0 aliphatic rings. The predicted octanol–water partition coefficient (Wildman–Crippen LogP) is 7.55. The maximum Gasteiger partial charge on any atom is 0.365 e. The zero-order chi connectivity index (χ0) is 26.6. The number of ether oxygens (including phenoxy) is 1. The fourth-order valence-electron chi connectivity index (χ4n) is 4.80. The number of carbonyl (C=O) groups excluding carboxylic acids is 1. The van der Waals surface area contributed by atoms with Gasteiger partial charge < -0.3 is 10.5 Å². The number of rotatable bonds is 21. The lowest BCUT2D eigenvalue weighted by molar-refractivity contribution is -1.05. The van der Waals surface area contributed by atoms with E-state index in [-0.39, 0.29) is 19.1 Å². The second-order valence-electron chi connectivity index (χ2n) is 10.5. The van der Waals surface area contributed by atoms with Crippen molar-refractivity contribution in [2.24, 2.45) is 5.73 Å². The first-order valence-electron chi connectivity index (χ1n) is 14.6. The molecule has 0 aliphatic carbocycles. The summed E-state index contributed by atoms with van der Waals surface area (Å²) in [5.41, 5.74) is 8.17. The van der Waals surface area contributed by atoms with Crippen LogP contribution in [-0.4, -0.2) is 35.0 Å². The summed E-state index contributed by atoms with van der Waals surface area (Å²) in [5, 5.41) is 11.4. The molecular formula is C32H51N2O3+. The molecule has 0 fully saturated rings. The molecule has 5 nitrogen and oxygen atoms in total. The monoisotopic (exact) mass is 511 g/mol. The minimum atomic E-state index is -0.876. The molecule has 5 heteroatoms. The van der Waals surface area contributed by atoms with Crippen molar-refractivity contribution in [3.05, 3.63) is 71.8 Å². The van der Waals surface area contributed by atoms with Gasteiger partial charge in [-0.05, 0) is 12.0 Å². The Hall–Kier alpha value is -2.05. The Morgan fingerprint density at radius 3 is 1.73 bits per heavy atom. The lowest BCUT2D eigenvalue weighted by Crippen LogP contribution is -2.57. The molecule has 0 aliphatic heterocycles. The summed E-state index contributed by atoms with van der Waals surface area (Å²) < 4.78 is 5.03. The minimum absolute atomic E-state index is 0.0850. The van der Waals surface area contributed by atoms with Gasteiger partial charge in [-0.2, -0.15) is 0 Å². The standard InChI is InChI=1S/C32H51N2O3/c1-2-3-4-5-6-7-8-9-10-11-12-13-20-25-34(36,26-29-21-16-14-17-22-29)32(35)31(33)28-37-27-30-23-18-15-19-24-30/h14-19,21-24,31,36H,2-13,20,25-28,33H2,1H3/q+1/t31-,34?/m0/s1. The van der Waals surface area contributed by atoms with E-state index in [2.05, 4.69) is 6.92 Å². The number of nitrogens with zero attached hydrogens (tertiary/aromatic N) is 1. The second-order valence-corrected chi connectivity index (χ2v) is 10.5. The van der Waals surface area contributed by atoms with Gasteiger partial charge >= 0.3 is 5.91 Å². The predicted molar refractivity (Wildman–Crippen MR) is 152 cm³/mol. The van der Waals surface area contributed by atoms with Crippen molar-refractivity contribution in [2.75, 3.05) is 13.2 Å². The van der Waals surface area contributed by atoms with Gasteiger partial charge in [-0.1, -0.05) is 138 Å². The SMILES string of the molecule is CCCCCCCCCCCCCCC[N+](O)(Cc1ccccc1)C(=O)[C@@H](N)COCc1ccccc1. The number of hydrogen-bond acceptors (Lipinski definition) is 4. The van der Waals surface area contributed by atoms with Gasteiger partial charge in [-0.25, -0.2) is 10.0 Å². The Morgan fingerprint density at radius 1 is 0.757 bits per heavy atom. The van der Waals surface area contributed by atoms with Crippen LogP contribution in [0.3, 0.4) is 0 Å². The molecule has 3 N–H and O–H groups in total. The van der Waals surface area contributed by atoms with Crippen molar-refractivity contribution < 1.29 is 19.4 Å². The van der Waals surface area contributed by atoms with Crippen LogP contribution < -0.4 is 5.73 Å². The largest absolute Gasteiger partial charge is 0.374 e. The van der Waals surface area contributed by atoms with E-state index in [9.17, 15) is 10.0 Å². The van der Waals surface area contributed by atoms with Crippen molar-refractivity contribution >= 4 is 5.91 Å². The van der Waals surface area contributed by atoms with E-state index in [1.807, 2.05) is 60.7 Å². The van der Waals surface area contributed by atoms with Crippen LogP contribution in [0.25, 0.3) is 0 Å². The zero-order valence-electron chi connectivity index (χ0n) is 23.2. The van der Waals surface area contributed by atoms with E-state index in [1.54, 1.807) is 0 Å². The third-order valence-corrected chi connectivity index (χ3v) is 7.05. The van der Waals surface area contributed by atoms with Gasteiger partial charge in [0.25, 0.3) is 0 Å². The molecule has 0 aromatic heterocycles. The number of amides is 1. The normalized spacial score (nSPS) is 13.8. The van der Waals surface area contributed by atoms with Gasteiger partial charge in [0.15, 0.2) is 0 Å². The van der Waals surface area contributed by atoms with Gasteiger partial charge in [-0.3, -0.25) is 0 Å². The Labute approximate surface area is 225 Å². The number of quaternary nitrogens is 1. The highest BCUT2D eigenvalue weighted by atomic mass is 16.6. The average Bonchev–Trinajstić information content (AvgIpc) is 2.92. The highest BCUT2D eigenvalue weighted by Gasteiger charge is 2.39. The summed E-state index contributed by atoms with van der Waals surface area (Å²) in [6.45, 7) is 3.34. The third-order valence-electron chi connectivity index (χ3n) is 7.05. The Balaban J connectivity index is 1.72. The summed E-state index contributed by atoms with van der Waals surface area (Å²) in [6, 6.07) is 18.6. The van der Waals surface area contributed by atoms with Gasteiger partial charge in [0.1, 0.15) is 19.1 Å². The molecule has 37 heavy (non-hydrogen) atoms. The van der Waals surface area contributed by atoms with Gasteiger partial charge in [0.05, 0.1) is 13.2 Å². The summed E-state index contributed by atoms with van der Waals surface area (Å²) in [4.78, 5) is 13.3. The second kappa shape index (κ2) is 19.1. The zero-order valence-corrected chi connectivity index (χ0v) is 23.2. The van der Waals surface area contributed by atoms with Crippen LogP contribution >= 0.6 is 0 Å². The Kier molecular flexibility index (Phi) is 16.1. The fourth-order valence-corrected chi connectivity index (χ4v) is 4.80. The Bertz CT molecular complexity index is 830. The highest BCUT2D eigenvalue weighted by Crippen LogP contribution is 2.18. The van der Waals surface area contributed by atoms with Crippen molar-refractivity contribution in [1.82, 2.24) is 0 Å². The maximum atomic E-state index is 13.3. The maximum absolute atomic E-state index is 13.3. The molecule has 0 saturated heterocycles. The molecule has 2 aromatic carbocycles. The number of hydrogen-bond donors (Lipinski definition) is 2. The van der Waals surface area contributed by atoms with Gasteiger partial charge in [0, 0.05) is 12.0 Å². The summed E-state index contributed by atoms with van der Waals surface area (Å²) in [5.74, 6) is -0.379. The first-order chi connectivity index (χ1) is 18.0. The van der Waals surface area contributed by atoms with Crippen LogP contribution in [0, 0.1) is 0 Å². The summed E-state index contributed by atoms with van der Waals surface area (Å²) in [6.07, 6.45) is 16.3. The van der Waals surface area contributed by atoms with Crippen molar-refractivity contribution in [1.29, 1.82) is 0 Å². The van der Waals surface area contributed by atoms with Crippen molar-refractivity contribution in [3.63, 3.8) is 0 Å². The molecule has 0 radical (unpaired) electrons. The van der Waals surface area contributed by atoms with Crippen LogP contribution in [-0.2, 0) is 22.7 Å². The molecule has 0 saturated carbocycles. The van der Waals surface area contributed by atoms with E-state index in [4.69, 9.17) is 10.5 Å². The quantitative estimate of drug-likeness (QED) is 0.0785. The minimum Gasteiger partial charge on any atom is -0.374 e. The van der Waals surface area contributed by atoms with Crippen LogP contribution in [0.5, 0.6) is 0 Å². The number of benzene rings is 2. The topological polar surface area (TPSA) is 72.5 Å². The lowest BCUT2D eigenvalue weighted by atomic mass is 10.0. The summed E-state index contributed by atoms with van der Waals surface area (Å²) in [7, 11) is 0. The van der Waals surface area contributed by atoms with Crippen molar-refractivity contribution in [2.45, 2.75) is 110 Å². The van der Waals surface area contributed by atoms with Crippen LogP contribution in [0.15, 0.2) is 60.7 Å². The molecule has 1 amide bonds. The lowest BCUT2D eigenvalue weighted by Gasteiger charge is -2.30. The molecule has 206 valence electrons. The first-order valence-corrected chi connectivity index (χ1v) is 14.6. The smallest absolute Gasteiger partial charge is 0.365 e. The van der Waals surface area contributed by atoms with Gasteiger partial charge in [0.2, 0.25) is 0 Å². The van der Waals surface area contributed by atoms with E-state index >= 15 is 0 Å². The van der Waals surface area contributed by atoms with Gasteiger partial charge in [-0.15, -0.1) is 4.65 Å². The summed E-state index contributed by atoms with van der Waals surface area (Å²) >= 11 is 0. The molecule has 2 rings (SSSR count). The van der Waals surface area contributed by atoms with E-state index in [0.29, 0.717) is 13.2 Å². The average molecular weight is 512 g/mol. The van der Waals surface area contributed by atoms with Crippen LogP contribution in [0.1, 0.15) is 102 Å². The molecule has 0 heterocycles. The first kappa shape index (κ1) is 31.2. The molecule has 0 spiro atoms. The number of nitrogens with two attached hydrogens (primary N) is 1. The number of hydroxylamine groups is 3. The highest BCUT2D eigenvalue weighted by molar-refractivity contribution is 5.74. The van der Waals surface area contributed by atoms with E-state index in [0.717, 1.165) is 30.4 Å².